The molecule has 0 saturated carbocycles. The van der Waals surface area contributed by atoms with Crippen molar-refractivity contribution in [3.63, 3.8) is 0 Å². The van der Waals surface area contributed by atoms with Gasteiger partial charge in [-0.1, -0.05) is 13.0 Å². The Bertz CT molecular complexity index is 573. The molecule has 0 spiro atoms. The number of rotatable bonds is 3. The van der Waals surface area contributed by atoms with E-state index in [4.69, 9.17) is 0 Å². The lowest BCUT2D eigenvalue weighted by molar-refractivity contribution is 0.191. The van der Waals surface area contributed by atoms with E-state index in [1.165, 1.54) is 16.4 Å². The minimum Gasteiger partial charge on any atom is -0.395 e. The van der Waals surface area contributed by atoms with Gasteiger partial charge in [-0.15, -0.1) is 0 Å². The summed E-state index contributed by atoms with van der Waals surface area (Å²) in [5, 5.41) is 9.34. The minimum absolute atomic E-state index is 0.0765. The zero-order chi connectivity index (χ0) is 14.2. The molecule has 1 N–H and O–H groups in total. The number of nitrogens with zero attached hydrogens (tertiary/aromatic N) is 1. The molecule has 0 aliphatic carbocycles. The molecule has 2 atom stereocenters. The molecule has 2 rings (SSSR count). The van der Waals surface area contributed by atoms with E-state index >= 15 is 0 Å². The normalized spacial score (nSPS) is 24.8. The fourth-order valence-electron chi connectivity index (χ4n) is 2.48. The lowest BCUT2D eigenvalue weighted by atomic mass is 10.0. The molecule has 1 aromatic carbocycles. The van der Waals surface area contributed by atoms with Crippen LogP contribution in [0.25, 0.3) is 0 Å². The van der Waals surface area contributed by atoms with E-state index in [1.54, 1.807) is 6.92 Å². The van der Waals surface area contributed by atoms with Crippen LogP contribution in [0.2, 0.25) is 0 Å². The molecule has 1 aliphatic rings. The van der Waals surface area contributed by atoms with Gasteiger partial charge in [-0.3, -0.25) is 0 Å². The maximum absolute atomic E-state index is 13.8. The van der Waals surface area contributed by atoms with Crippen molar-refractivity contribution in [2.45, 2.75) is 31.2 Å². The van der Waals surface area contributed by atoms with Crippen molar-refractivity contribution in [3.8, 4) is 0 Å². The maximum Gasteiger partial charge on any atom is 0.246 e. The zero-order valence-corrected chi connectivity index (χ0v) is 11.8. The van der Waals surface area contributed by atoms with Crippen molar-refractivity contribution >= 4 is 10.0 Å². The first-order chi connectivity index (χ1) is 8.87. The van der Waals surface area contributed by atoms with E-state index in [9.17, 15) is 17.9 Å². The van der Waals surface area contributed by atoms with Gasteiger partial charge in [0.15, 0.2) is 0 Å². The first-order valence-corrected chi connectivity index (χ1v) is 7.70. The van der Waals surface area contributed by atoms with Gasteiger partial charge in [-0.2, -0.15) is 4.31 Å². The van der Waals surface area contributed by atoms with Crippen molar-refractivity contribution in [1.82, 2.24) is 4.31 Å². The summed E-state index contributed by atoms with van der Waals surface area (Å²) in [4.78, 5) is -0.306. The van der Waals surface area contributed by atoms with Gasteiger partial charge in [-0.05, 0) is 37.0 Å². The van der Waals surface area contributed by atoms with Crippen molar-refractivity contribution < 1.29 is 17.9 Å². The van der Waals surface area contributed by atoms with Gasteiger partial charge < -0.3 is 5.11 Å². The number of aliphatic hydroxyl groups excluding tert-OH is 1. The first kappa shape index (κ1) is 14.4. The summed E-state index contributed by atoms with van der Waals surface area (Å²) in [7, 11) is -3.89. The second kappa shape index (κ2) is 5.19. The average molecular weight is 287 g/mol. The molecule has 1 saturated heterocycles. The molecule has 1 aromatic rings. The topological polar surface area (TPSA) is 57.6 Å². The summed E-state index contributed by atoms with van der Waals surface area (Å²) in [6.45, 7) is 3.69. The first-order valence-electron chi connectivity index (χ1n) is 6.26. The Kier molecular flexibility index (Phi) is 3.94. The monoisotopic (exact) mass is 287 g/mol. The van der Waals surface area contributed by atoms with Crippen LogP contribution in [0.3, 0.4) is 0 Å². The average Bonchev–Trinajstić information content (AvgIpc) is 2.74. The molecule has 2 unspecified atom stereocenters. The predicted octanol–water partition coefficient (Wildman–Crippen LogP) is 1.53. The molecule has 1 heterocycles. The van der Waals surface area contributed by atoms with Crippen LogP contribution in [0, 0.1) is 18.7 Å². The third kappa shape index (κ3) is 2.52. The van der Waals surface area contributed by atoms with Gasteiger partial charge in [0.05, 0.1) is 12.6 Å². The molecular formula is C13H18FNO3S. The van der Waals surface area contributed by atoms with Crippen LogP contribution in [0.1, 0.15) is 18.9 Å². The summed E-state index contributed by atoms with van der Waals surface area (Å²) in [5.41, 5.74) is 0.688. The number of hydrogen-bond acceptors (Lipinski definition) is 3. The fraction of sp³-hybridized carbons (Fsp3) is 0.538. The number of aryl methyl sites for hydroxylation is 1. The lowest BCUT2D eigenvalue weighted by Crippen LogP contribution is -2.40. The molecule has 0 radical (unpaired) electrons. The van der Waals surface area contributed by atoms with Gasteiger partial charge in [0.1, 0.15) is 10.7 Å². The van der Waals surface area contributed by atoms with E-state index in [0.717, 1.165) is 6.07 Å². The van der Waals surface area contributed by atoms with Crippen LogP contribution in [0.15, 0.2) is 23.1 Å². The van der Waals surface area contributed by atoms with E-state index in [-0.39, 0.29) is 17.4 Å². The third-order valence-corrected chi connectivity index (χ3v) is 5.63. The molecule has 0 bridgehead atoms. The van der Waals surface area contributed by atoms with Crippen LogP contribution < -0.4 is 0 Å². The van der Waals surface area contributed by atoms with Crippen LogP contribution in [0.4, 0.5) is 4.39 Å². The van der Waals surface area contributed by atoms with Crippen LogP contribution in [-0.4, -0.2) is 37.0 Å². The summed E-state index contributed by atoms with van der Waals surface area (Å²) >= 11 is 0. The highest BCUT2D eigenvalue weighted by Crippen LogP contribution is 2.31. The highest BCUT2D eigenvalue weighted by molar-refractivity contribution is 7.89. The van der Waals surface area contributed by atoms with Crippen LogP contribution >= 0.6 is 0 Å². The summed E-state index contributed by atoms with van der Waals surface area (Å²) in [5.74, 6) is -0.672. The predicted molar refractivity (Wildman–Crippen MR) is 69.7 cm³/mol. The fourth-order valence-corrected chi connectivity index (χ4v) is 4.36. The molecule has 0 amide bonds. The van der Waals surface area contributed by atoms with Crippen molar-refractivity contribution in [1.29, 1.82) is 0 Å². The Balaban J connectivity index is 2.45. The molecular weight excluding hydrogens is 269 g/mol. The largest absolute Gasteiger partial charge is 0.395 e. The van der Waals surface area contributed by atoms with Crippen molar-refractivity contribution in [2.24, 2.45) is 5.92 Å². The zero-order valence-electron chi connectivity index (χ0n) is 11.0. The molecule has 0 aromatic heterocycles. The summed E-state index contributed by atoms with van der Waals surface area (Å²) in [6, 6.07) is 3.56. The number of benzene rings is 1. The highest BCUT2D eigenvalue weighted by atomic mass is 32.2. The van der Waals surface area contributed by atoms with Crippen LogP contribution in [-0.2, 0) is 10.0 Å². The second-order valence-electron chi connectivity index (χ2n) is 5.07. The van der Waals surface area contributed by atoms with Crippen LogP contribution in [0.5, 0.6) is 0 Å². The third-order valence-electron chi connectivity index (χ3n) is 3.69. The Morgan fingerprint density at radius 3 is 2.79 bits per heavy atom. The number of hydrogen-bond donors (Lipinski definition) is 1. The van der Waals surface area contributed by atoms with Gasteiger partial charge >= 0.3 is 0 Å². The molecule has 6 heteroatoms. The number of sulfonamides is 1. The number of aliphatic hydroxyl groups is 1. The summed E-state index contributed by atoms with van der Waals surface area (Å²) < 4.78 is 40.0. The van der Waals surface area contributed by atoms with E-state index in [2.05, 4.69) is 0 Å². The Hall–Kier alpha value is -0.980. The molecule has 1 fully saturated rings. The molecule has 106 valence electrons. The lowest BCUT2D eigenvalue weighted by Gasteiger charge is -2.24. The summed E-state index contributed by atoms with van der Waals surface area (Å²) in [6.07, 6.45) is 0.678. The van der Waals surface area contributed by atoms with E-state index in [0.29, 0.717) is 18.5 Å². The Morgan fingerprint density at radius 2 is 2.16 bits per heavy atom. The maximum atomic E-state index is 13.8. The van der Waals surface area contributed by atoms with E-state index in [1.807, 2.05) is 6.92 Å². The molecule has 1 aliphatic heterocycles. The quantitative estimate of drug-likeness (QED) is 0.917. The van der Waals surface area contributed by atoms with Crippen molar-refractivity contribution in [3.05, 3.63) is 29.6 Å². The number of halogens is 1. The van der Waals surface area contributed by atoms with Crippen molar-refractivity contribution in [2.75, 3.05) is 13.2 Å². The highest BCUT2D eigenvalue weighted by Gasteiger charge is 2.40. The Morgan fingerprint density at radius 1 is 1.47 bits per heavy atom. The second-order valence-corrected chi connectivity index (χ2v) is 6.92. The minimum atomic E-state index is -3.89. The SMILES string of the molecule is Cc1ccc(F)c(S(=O)(=O)N2CCC(C)C2CO)c1. The standard InChI is InChI=1S/C13H18FNO3S/c1-9-3-4-11(14)13(7-9)19(17,18)15-6-5-10(2)12(15)8-16/h3-4,7,10,12,16H,5-6,8H2,1-2H3. The van der Waals surface area contributed by atoms with E-state index < -0.39 is 21.9 Å². The smallest absolute Gasteiger partial charge is 0.246 e. The van der Waals surface area contributed by atoms with Gasteiger partial charge in [0.2, 0.25) is 10.0 Å². The van der Waals surface area contributed by atoms with Gasteiger partial charge in [0, 0.05) is 6.54 Å². The van der Waals surface area contributed by atoms with Gasteiger partial charge in [-0.25, -0.2) is 12.8 Å². The Labute approximate surface area is 112 Å². The molecule has 19 heavy (non-hydrogen) atoms. The van der Waals surface area contributed by atoms with Gasteiger partial charge in [0.25, 0.3) is 0 Å². The molecule has 4 nitrogen and oxygen atoms in total.